The number of nitrogens with zero attached hydrogens (tertiary/aromatic N) is 1. The molecule has 1 unspecified atom stereocenters. The molecule has 1 saturated heterocycles. The van der Waals surface area contributed by atoms with Gasteiger partial charge < -0.3 is 5.32 Å². The highest BCUT2D eigenvalue weighted by atomic mass is 32.2. The van der Waals surface area contributed by atoms with Crippen LogP contribution in [-0.4, -0.2) is 22.0 Å². The highest BCUT2D eigenvalue weighted by Crippen LogP contribution is 2.32. The van der Waals surface area contributed by atoms with Crippen molar-refractivity contribution in [1.82, 2.24) is 0 Å². The summed E-state index contributed by atoms with van der Waals surface area (Å²) in [4.78, 5) is 14.2. The predicted molar refractivity (Wildman–Crippen MR) is 97.6 cm³/mol. The highest BCUT2D eigenvalue weighted by molar-refractivity contribution is 8.25. The smallest absolute Gasteiger partial charge is 0.247 e. The molecule has 0 radical (unpaired) electrons. The number of nitrogens with one attached hydrogen (secondary N) is 1. The quantitative estimate of drug-likeness (QED) is 0.864. The fourth-order valence-corrected chi connectivity index (χ4v) is 3.82. The summed E-state index contributed by atoms with van der Waals surface area (Å²) in [5.41, 5.74) is 3.05. The number of aryl methyl sites for hydroxylation is 1. The molecule has 112 valence electrons. The zero-order chi connectivity index (χ0) is 15.5. The van der Waals surface area contributed by atoms with Crippen LogP contribution in [0.15, 0.2) is 54.6 Å². The van der Waals surface area contributed by atoms with Crippen LogP contribution < -0.4 is 10.2 Å². The molecule has 0 bridgehead atoms. The minimum Gasteiger partial charge on any atom is -0.383 e. The van der Waals surface area contributed by atoms with E-state index in [0.29, 0.717) is 10.9 Å². The van der Waals surface area contributed by atoms with Gasteiger partial charge in [0, 0.05) is 12.2 Å². The largest absolute Gasteiger partial charge is 0.383 e. The van der Waals surface area contributed by atoms with Crippen molar-refractivity contribution in [3.63, 3.8) is 0 Å². The monoisotopic (exact) mass is 328 g/mol. The average molecular weight is 328 g/mol. The lowest BCUT2D eigenvalue weighted by Crippen LogP contribution is -2.33. The van der Waals surface area contributed by atoms with Crippen LogP contribution in [0.3, 0.4) is 0 Å². The molecule has 1 aliphatic rings. The number of carbonyl (C=O) groups excluding carboxylic acids is 1. The first-order chi connectivity index (χ1) is 10.6. The van der Waals surface area contributed by atoms with Gasteiger partial charge in [-0.1, -0.05) is 54.3 Å². The van der Waals surface area contributed by atoms with Crippen molar-refractivity contribution in [2.45, 2.75) is 12.2 Å². The number of thiocarbonyl (C=S) groups is 1. The number of benzene rings is 2. The van der Waals surface area contributed by atoms with E-state index in [0.717, 1.165) is 11.4 Å². The number of rotatable bonds is 4. The van der Waals surface area contributed by atoms with Gasteiger partial charge in [0.25, 0.3) is 0 Å². The molecule has 0 aromatic heterocycles. The van der Waals surface area contributed by atoms with E-state index in [-0.39, 0.29) is 11.2 Å². The summed E-state index contributed by atoms with van der Waals surface area (Å²) >= 11 is 6.81. The lowest BCUT2D eigenvalue weighted by Gasteiger charge is -2.15. The molecule has 1 fully saturated rings. The Bertz CT molecular complexity index is 703. The normalized spacial score (nSPS) is 17.9. The number of thioether (sulfide) groups is 1. The van der Waals surface area contributed by atoms with Crippen molar-refractivity contribution >= 4 is 45.6 Å². The molecule has 22 heavy (non-hydrogen) atoms. The van der Waals surface area contributed by atoms with Crippen LogP contribution in [0.4, 0.5) is 11.4 Å². The summed E-state index contributed by atoms with van der Waals surface area (Å²) in [6.07, 6.45) is 0. The Morgan fingerprint density at radius 3 is 2.68 bits per heavy atom. The zero-order valence-corrected chi connectivity index (χ0v) is 13.8. The van der Waals surface area contributed by atoms with E-state index in [2.05, 4.69) is 11.4 Å². The summed E-state index contributed by atoms with van der Waals surface area (Å²) in [5.74, 6) is 0.0429. The summed E-state index contributed by atoms with van der Waals surface area (Å²) in [6, 6.07) is 17.7. The SMILES string of the molecule is Cc1cccc(NCC2SC(=S)N(c3ccccc3)C2=O)c1. The first kappa shape index (κ1) is 15.1. The summed E-state index contributed by atoms with van der Waals surface area (Å²) in [6.45, 7) is 2.61. The average Bonchev–Trinajstić information content (AvgIpc) is 2.80. The zero-order valence-electron chi connectivity index (χ0n) is 12.2. The van der Waals surface area contributed by atoms with Crippen LogP contribution in [0.5, 0.6) is 0 Å². The van der Waals surface area contributed by atoms with Crippen molar-refractivity contribution in [3.8, 4) is 0 Å². The van der Waals surface area contributed by atoms with Crippen LogP contribution in [0.25, 0.3) is 0 Å². The Hall–Kier alpha value is -1.85. The van der Waals surface area contributed by atoms with Crippen LogP contribution in [0.1, 0.15) is 5.56 Å². The first-order valence-electron chi connectivity index (χ1n) is 7.05. The third-order valence-corrected chi connectivity index (χ3v) is 4.95. The van der Waals surface area contributed by atoms with Gasteiger partial charge in [-0.25, -0.2) is 0 Å². The summed E-state index contributed by atoms with van der Waals surface area (Å²) in [5, 5.41) is 3.14. The Labute approximate surface area is 139 Å². The van der Waals surface area contributed by atoms with Gasteiger partial charge in [-0.05, 0) is 36.8 Å². The van der Waals surface area contributed by atoms with Gasteiger partial charge >= 0.3 is 0 Å². The molecule has 0 aliphatic carbocycles. The van der Waals surface area contributed by atoms with Crippen molar-refractivity contribution in [2.24, 2.45) is 0 Å². The number of carbonyl (C=O) groups is 1. The highest BCUT2D eigenvalue weighted by Gasteiger charge is 2.37. The van der Waals surface area contributed by atoms with Crippen LogP contribution in [0.2, 0.25) is 0 Å². The molecule has 0 spiro atoms. The second kappa shape index (κ2) is 6.50. The molecule has 1 aliphatic heterocycles. The molecular formula is C17H16N2OS2. The lowest BCUT2D eigenvalue weighted by atomic mass is 10.2. The van der Waals surface area contributed by atoms with Gasteiger partial charge in [-0.3, -0.25) is 9.69 Å². The van der Waals surface area contributed by atoms with Crippen molar-refractivity contribution in [2.75, 3.05) is 16.8 Å². The Morgan fingerprint density at radius 2 is 1.95 bits per heavy atom. The fraction of sp³-hybridized carbons (Fsp3) is 0.176. The molecule has 1 atom stereocenters. The number of hydrogen-bond donors (Lipinski definition) is 1. The molecule has 5 heteroatoms. The van der Waals surface area contributed by atoms with Gasteiger partial charge in [0.2, 0.25) is 5.91 Å². The maximum atomic E-state index is 12.6. The maximum absolute atomic E-state index is 12.6. The molecule has 1 amide bonds. The molecule has 3 rings (SSSR count). The second-order valence-corrected chi connectivity index (χ2v) is 6.97. The Balaban J connectivity index is 1.69. The van der Waals surface area contributed by atoms with E-state index in [9.17, 15) is 4.79 Å². The molecule has 1 N–H and O–H groups in total. The Morgan fingerprint density at radius 1 is 1.18 bits per heavy atom. The predicted octanol–water partition coefficient (Wildman–Crippen LogP) is 3.84. The minimum atomic E-state index is -0.187. The molecule has 2 aromatic carbocycles. The summed E-state index contributed by atoms with van der Waals surface area (Å²) < 4.78 is 0.618. The van der Waals surface area contributed by atoms with E-state index < -0.39 is 0 Å². The third-order valence-electron chi connectivity index (χ3n) is 3.45. The van der Waals surface area contributed by atoms with Gasteiger partial charge in [0.05, 0.1) is 5.69 Å². The molecule has 0 saturated carbocycles. The van der Waals surface area contributed by atoms with E-state index in [1.165, 1.54) is 17.3 Å². The van der Waals surface area contributed by atoms with E-state index in [4.69, 9.17) is 12.2 Å². The molecule has 1 heterocycles. The van der Waals surface area contributed by atoms with Gasteiger partial charge in [-0.2, -0.15) is 0 Å². The van der Waals surface area contributed by atoms with Crippen molar-refractivity contribution < 1.29 is 4.79 Å². The van der Waals surface area contributed by atoms with Gasteiger partial charge in [-0.15, -0.1) is 0 Å². The van der Waals surface area contributed by atoms with Gasteiger partial charge in [0.1, 0.15) is 9.57 Å². The third kappa shape index (κ3) is 3.15. The lowest BCUT2D eigenvalue weighted by molar-refractivity contribution is -0.116. The number of amides is 1. The van der Waals surface area contributed by atoms with Gasteiger partial charge in [0.15, 0.2) is 0 Å². The van der Waals surface area contributed by atoms with Crippen LogP contribution >= 0.6 is 24.0 Å². The minimum absolute atomic E-state index is 0.0429. The number of hydrogen-bond acceptors (Lipinski definition) is 4. The maximum Gasteiger partial charge on any atom is 0.247 e. The standard InChI is InChI=1S/C17H16N2OS2/c1-12-6-5-7-13(10-12)18-11-15-16(20)19(17(21)22-15)14-8-3-2-4-9-14/h2-10,15,18H,11H2,1H3. The van der Waals surface area contributed by atoms with E-state index >= 15 is 0 Å². The fourth-order valence-electron chi connectivity index (χ4n) is 2.36. The molecule has 3 nitrogen and oxygen atoms in total. The first-order valence-corrected chi connectivity index (χ1v) is 8.34. The Kier molecular flexibility index (Phi) is 4.45. The van der Waals surface area contributed by atoms with E-state index in [1.807, 2.05) is 55.5 Å². The molecule has 2 aromatic rings. The van der Waals surface area contributed by atoms with E-state index in [1.54, 1.807) is 4.90 Å². The van der Waals surface area contributed by atoms with Crippen molar-refractivity contribution in [3.05, 3.63) is 60.2 Å². The topological polar surface area (TPSA) is 32.3 Å². The van der Waals surface area contributed by atoms with Crippen LogP contribution in [0, 0.1) is 6.92 Å². The number of anilines is 2. The second-order valence-electron chi connectivity index (χ2n) is 5.13. The number of para-hydroxylation sites is 1. The van der Waals surface area contributed by atoms with Crippen LogP contribution in [-0.2, 0) is 4.79 Å². The molecular weight excluding hydrogens is 312 g/mol. The van der Waals surface area contributed by atoms with Crippen molar-refractivity contribution in [1.29, 1.82) is 0 Å². The summed E-state index contributed by atoms with van der Waals surface area (Å²) in [7, 11) is 0.